The van der Waals surface area contributed by atoms with E-state index in [9.17, 15) is 9.59 Å². The number of anilines is 1. The van der Waals surface area contributed by atoms with Gasteiger partial charge in [0.1, 0.15) is 10.6 Å². The fourth-order valence-electron chi connectivity index (χ4n) is 2.62. The van der Waals surface area contributed by atoms with Crippen molar-refractivity contribution in [3.05, 3.63) is 70.8 Å². The van der Waals surface area contributed by atoms with Gasteiger partial charge >= 0.3 is 5.97 Å². The normalized spacial score (nSPS) is 11.1. The molecule has 4 nitrogen and oxygen atoms in total. The Kier molecular flexibility index (Phi) is 6.85. The highest BCUT2D eigenvalue weighted by molar-refractivity contribution is 7.23. The van der Waals surface area contributed by atoms with Gasteiger partial charge in [-0.05, 0) is 36.3 Å². The minimum Gasteiger partial charge on any atom is -0.462 e. The van der Waals surface area contributed by atoms with Crippen molar-refractivity contribution in [3.8, 4) is 0 Å². The zero-order chi connectivity index (χ0) is 19.9. The predicted molar refractivity (Wildman–Crippen MR) is 116 cm³/mol. The number of ether oxygens (including phenoxy) is 1. The molecule has 0 unspecified atom stereocenters. The maximum Gasteiger partial charge on any atom is 0.341 e. The SMILES string of the molecule is CCCCOC(=O)c1c(NC(=O)C=Cc2ccc(Cl)cc2)sc2ccccc12. The van der Waals surface area contributed by atoms with Crippen LogP contribution in [-0.2, 0) is 9.53 Å². The number of hydrogen-bond acceptors (Lipinski definition) is 4. The molecule has 2 aromatic carbocycles. The number of amides is 1. The Balaban J connectivity index is 1.81. The Bertz CT molecular complexity index is 1010. The Morgan fingerprint density at radius 3 is 2.64 bits per heavy atom. The summed E-state index contributed by atoms with van der Waals surface area (Å²) in [4.78, 5) is 25.0. The molecule has 3 aromatic rings. The smallest absolute Gasteiger partial charge is 0.341 e. The Hall–Kier alpha value is -2.63. The molecule has 0 radical (unpaired) electrons. The van der Waals surface area contributed by atoms with Gasteiger partial charge in [0.25, 0.3) is 0 Å². The molecule has 1 aromatic heterocycles. The Morgan fingerprint density at radius 1 is 1.14 bits per heavy atom. The molecule has 0 saturated heterocycles. The maximum atomic E-state index is 12.6. The molecule has 0 aliphatic carbocycles. The van der Waals surface area contributed by atoms with E-state index in [1.165, 1.54) is 17.4 Å². The Labute approximate surface area is 172 Å². The molecule has 28 heavy (non-hydrogen) atoms. The second-order valence-electron chi connectivity index (χ2n) is 6.17. The highest BCUT2D eigenvalue weighted by Crippen LogP contribution is 2.36. The van der Waals surface area contributed by atoms with Crippen LogP contribution in [0.15, 0.2) is 54.6 Å². The van der Waals surface area contributed by atoms with Gasteiger partial charge in [-0.25, -0.2) is 4.79 Å². The second-order valence-corrected chi connectivity index (χ2v) is 7.65. The first kappa shape index (κ1) is 20.1. The number of carbonyl (C=O) groups is 2. The van der Waals surface area contributed by atoms with Gasteiger partial charge in [0, 0.05) is 21.2 Å². The van der Waals surface area contributed by atoms with E-state index < -0.39 is 5.97 Å². The summed E-state index contributed by atoms with van der Waals surface area (Å²) in [5.74, 6) is -0.730. The van der Waals surface area contributed by atoms with Crippen molar-refractivity contribution >= 4 is 56.0 Å². The third-order valence-corrected chi connectivity index (χ3v) is 5.40. The molecule has 0 spiro atoms. The number of unbranched alkanes of at least 4 members (excludes halogenated alkanes) is 1. The molecule has 0 fully saturated rings. The average Bonchev–Trinajstić information content (AvgIpc) is 3.05. The number of hydrogen-bond donors (Lipinski definition) is 1. The molecule has 6 heteroatoms. The minimum absolute atomic E-state index is 0.316. The summed E-state index contributed by atoms with van der Waals surface area (Å²) in [6, 6.07) is 14.7. The highest BCUT2D eigenvalue weighted by atomic mass is 35.5. The van der Waals surface area contributed by atoms with E-state index in [0.29, 0.717) is 22.2 Å². The number of nitrogens with one attached hydrogen (secondary N) is 1. The van der Waals surface area contributed by atoms with Crippen molar-refractivity contribution in [2.75, 3.05) is 11.9 Å². The molecule has 1 amide bonds. The number of rotatable bonds is 7. The molecule has 1 heterocycles. The van der Waals surface area contributed by atoms with Crippen molar-refractivity contribution < 1.29 is 14.3 Å². The van der Waals surface area contributed by atoms with Crippen LogP contribution >= 0.6 is 22.9 Å². The van der Waals surface area contributed by atoms with Gasteiger partial charge in [-0.15, -0.1) is 11.3 Å². The monoisotopic (exact) mass is 413 g/mol. The number of carbonyl (C=O) groups excluding carboxylic acids is 2. The van der Waals surface area contributed by atoms with Gasteiger partial charge in [-0.3, -0.25) is 4.79 Å². The molecule has 1 N–H and O–H groups in total. The number of thiophene rings is 1. The summed E-state index contributed by atoms with van der Waals surface area (Å²) in [6.07, 6.45) is 4.87. The topological polar surface area (TPSA) is 55.4 Å². The standard InChI is InChI=1S/C22H20ClNO3S/c1-2-3-14-27-22(26)20-17-6-4-5-7-18(17)28-21(20)24-19(25)13-10-15-8-11-16(23)12-9-15/h4-13H,2-3,14H2,1H3,(H,24,25). The quantitative estimate of drug-likeness (QED) is 0.286. The number of halogens is 1. The molecule has 0 atom stereocenters. The van der Waals surface area contributed by atoms with Crippen molar-refractivity contribution in [2.45, 2.75) is 19.8 Å². The maximum absolute atomic E-state index is 12.6. The lowest BCUT2D eigenvalue weighted by atomic mass is 10.1. The third kappa shape index (κ3) is 5.00. The molecule has 0 aliphatic heterocycles. The van der Waals surface area contributed by atoms with Gasteiger partial charge in [-0.1, -0.05) is 55.3 Å². The first-order chi connectivity index (χ1) is 13.6. The van der Waals surface area contributed by atoms with Crippen LogP contribution in [0.2, 0.25) is 5.02 Å². The van der Waals surface area contributed by atoms with Gasteiger partial charge in [0.05, 0.1) is 6.61 Å². The van der Waals surface area contributed by atoms with Crippen LogP contribution < -0.4 is 5.32 Å². The molecular formula is C22H20ClNO3S. The van der Waals surface area contributed by atoms with E-state index in [1.54, 1.807) is 18.2 Å². The van der Waals surface area contributed by atoms with E-state index in [-0.39, 0.29) is 5.91 Å². The third-order valence-electron chi connectivity index (χ3n) is 4.06. The summed E-state index contributed by atoms with van der Waals surface area (Å²) in [6.45, 7) is 2.40. The number of esters is 1. The van der Waals surface area contributed by atoms with Crippen molar-refractivity contribution in [2.24, 2.45) is 0 Å². The molecule has 0 aliphatic rings. The molecule has 0 saturated carbocycles. The van der Waals surface area contributed by atoms with Gasteiger partial charge in [0.15, 0.2) is 0 Å². The number of benzene rings is 2. The average molecular weight is 414 g/mol. The van der Waals surface area contributed by atoms with Crippen LogP contribution in [0.4, 0.5) is 5.00 Å². The predicted octanol–water partition coefficient (Wildman–Crippen LogP) is 6.16. The zero-order valence-electron chi connectivity index (χ0n) is 15.4. The van der Waals surface area contributed by atoms with Crippen LogP contribution in [0, 0.1) is 0 Å². The van der Waals surface area contributed by atoms with E-state index in [1.807, 2.05) is 43.3 Å². The van der Waals surface area contributed by atoms with Gasteiger partial charge in [0.2, 0.25) is 5.91 Å². The van der Waals surface area contributed by atoms with Crippen LogP contribution in [0.5, 0.6) is 0 Å². The van der Waals surface area contributed by atoms with E-state index in [2.05, 4.69) is 5.32 Å². The lowest BCUT2D eigenvalue weighted by Gasteiger charge is -2.06. The minimum atomic E-state index is -0.414. The zero-order valence-corrected chi connectivity index (χ0v) is 17.0. The lowest BCUT2D eigenvalue weighted by Crippen LogP contribution is -2.12. The molecule has 0 bridgehead atoms. The first-order valence-corrected chi connectivity index (χ1v) is 10.2. The molecular weight excluding hydrogens is 394 g/mol. The van der Waals surface area contributed by atoms with Crippen LogP contribution in [0.1, 0.15) is 35.7 Å². The fraction of sp³-hybridized carbons (Fsp3) is 0.182. The second kappa shape index (κ2) is 9.53. The summed E-state index contributed by atoms with van der Waals surface area (Å²) in [5.41, 5.74) is 1.26. The summed E-state index contributed by atoms with van der Waals surface area (Å²) in [5, 5.41) is 4.73. The van der Waals surface area contributed by atoms with Gasteiger partial charge in [-0.2, -0.15) is 0 Å². The van der Waals surface area contributed by atoms with Crippen LogP contribution in [0.25, 0.3) is 16.2 Å². The molecule has 144 valence electrons. The summed E-state index contributed by atoms with van der Waals surface area (Å²) >= 11 is 7.23. The molecule has 3 rings (SSSR count). The van der Waals surface area contributed by atoms with Crippen molar-refractivity contribution in [1.29, 1.82) is 0 Å². The first-order valence-electron chi connectivity index (χ1n) is 9.01. The Morgan fingerprint density at radius 2 is 1.89 bits per heavy atom. The van der Waals surface area contributed by atoms with Gasteiger partial charge < -0.3 is 10.1 Å². The van der Waals surface area contributed by atoms with E-state index in [0.717, 1.165) is 28.5 Å². The number of fused-ring (bicyclic) bond motifs is 1. The van der Waals surface area contributed by atoms with Crippen molar-refractivity contribution in [3.63, 3.8) is 0 Å². The van der Waals surface area contributed by atoms with E-state index in [4.69, 9.17) is 16.3 Å². The highest BCUT2D eigenvalue weighted by Gasteiger charge is 2.21. The summed E-state index contributed by atoms with van der Waals surface area (Å²) < 4.78 is 6.30. The largest absolute Gasteiger partial charge is 0.462 e. The van der Waals surface area contributed by atoms with Crippen LogP contribution in [0.3, 0.4) is 0 Å². The summed E-state index contributed by atoms with van der Waals surface area (Å²) in [7, 11) is 0. The van der Waals surface area contributed by atoms with E-state index >= 15 is 0 Å². The fourth-order valence-corrected chi connectivity index (χ4v) is 3.84. The lowest BCUT2D eigenvalue weighted by molar-refractivity contribution is -0.111. The van der Waals surface area contributed by atoms with Crippen molar-refractivity contribution in [1.82, 2.24) is 0 Å². The van der Waals surface area contributed by atoms with Crippen LogP contribution in [-0.4, -0.2) is 18.5 Å².